The molecular weight excluding hydrogens is 234 g/mol. The van der Waals surface area contributed by atoms with Crippen LogP contribution in [0.5, 0.6) is 0 Å². The smallest absolute Gasteiger partial charge is 0.303 e. The molecule has 1 heterocycles. The van der Waals surface area contributed by atoms with Gasteiger partial charge in [0.15, 0.2) is 0 Å². The zero-order chi connectivity index (χ0) is 13.7. The van der Waals surface area contributed by atoms with Gasteiger partial charge in [0.05, 0.1) is 12.1 Å². The second kappa shape index (κ2) is 6.18. The number of carbonyl (C=O) groups is 2. The molecule has 6 nitrogen and oxygen atoms in total. The summed E-state index contributed by atoms with van der Waals surface area (Å²) in [6, 6.07) is 0. The van der Waals surface area contributed by atoms with Gasteiger partial charge in [-0.15, -0.1) is 0 Å². The van der Waals surface area contributed by atoms with Crippen LogP contribution in [-0.2, 0) is 23.1 Å². The summed E-state index contributed by atoms with van der Waals surface area (Å²) in [5, 5.41) is 15.4. The summed E-state index contributed by atoms with van der Waals surface area (Å²) in [7, 11) is 1.84. The molecule has 1 rings (SSSR count). The molecule has 0 aromatic carbocycles. The number of amides is 1. The maximum atomic E-state index is 11.7. The number of carboxylic acid groups (broad SMARTS) is 1. The predicted octanol–water partition coefficient (Wildman–Crippen LogP) is 0.560. The minimum atomic E-state index is -0.844. The number of nitrogens with one attached hydrogen (secondary N) is 1. The predicted molar refractivity (Wildman–Crippen MR) is 66.3 cm³/mol. The van der Waals surface area contributed by atoms with Crippen LogP contribution in [0.3, 0.4) is 0 Å². The van der Waals surface area contributed by atoms with Crippen molar-refractivity contribution in [3.8, 4) is 0 Å². The Morgan fingerprint density at radius 3 is 2.56 bits per heavy atom. The topological polar surface area (TPSA) is 84.2 Å². The number of nitrogens with zero attached hydrogens (tertiary/aromatic N) is 2. The van der Waals surface area contributed by atoms with Crippen molar-refractivity contribution in [3.05, 3.63) is 17.0 Å². The van der Waals surface area contributed by atoms with Gasteiger partial charge in [0.1, 0.15) is 0 Å². The van der Waals surface area contributed by atoms with Gasteiger partial charge in [-0.2, -0.15) is 5.10 Å². The van der Waals surface area contributed by atoms with Gasteiger partial charge in [0.25, 0.3) is 0 Å². The Bertz CT molecular complexity index is 452. The number of aliphatic carboxylic acids is 1. The van der Waals surface area contributed by atoms with Crippen LogP contribution < -0.4 is 5.32 Å². The minimum absolute atomic E-state index is 0.0746. The Kier molecular flexibility index (Phi) is 4.88. The Morgan fingerprint density at radius 1 is 1.39 bits per heavy atom. The van der Waals surface area contributed by atoms with Crippen LogP contribution in [0.2, 0.25) is 0 Å². The van der Waals surface area contributed by atoms with Crippen LogP contribution in [0.25, 0.3) is 0 Å². The first-order valence-electron chi connectivity index (χ1n) is 5.89. The van der Waals surface area contributed by atoms with Crippen LogP contribution in [0.4, 0.5) is 0 Å². The fraction of sp³-hybridized carbons (Fsp3) is 0.583. The quantitative estimate of drug-likeness (QED) is 0.725. The van der Waals surface area contributed by atoms with Crippen LogP contribution in [0.1, 0.15) is 29.8 Å². The molecule has 1 amide bonds. The number of rotatable bonds is 6. The molecule has 0 fully saturated rings. The van der Waals surface area contributed by atoms with E-state index >= 15 is 0 Å². The molecule has 0 aliphatic heterocycles. The van der Waals surface area contributed by atoms with Crippen molar-refractivity contribution in [1.82, 2.24) is 15.1 Å². The zero-order valence-corrected chi connectivity index (χ0v) is 11.0. The number of hydrogen-bond acceptors (Lipinski definition) is 3. The van der Waals surface area contributed by atoms with Gasteiger partial charge in [0.2, 0.25) is 5.91 Å². The molecule has 18 heavy (non-hydrogen) atoms. The molecule has 0 aliphatic carbocycles. The molecule has 0 atom stereocenters. The Labute approximate surface area is 106 Å². The van der Waals surface area contributed by atoms with Crippen molar-refractivity contribution < 1.29 is 14.7 Å². The van der Waals surface area contributed by atoms with Crippen molar-refractivity contribution in [2.75, 3.05) is 6.54 Å². The summed E-state index contributed by atoms with van der Waals surface area (Å²) in [5.74, 6) is -0.942. The molecule has 0 saturated heterocycles. The second-order valence-corrected chi connectivity index (χ2v) is 4.30. The average Bonchev–Trinajstić information content (AvgIpc) is 2.51. The fourth-order valence-electron chi connectivity index (χ4n) is 1.76. The zero-order valence-electron chi connectivity index (χ0n) is 11.0. The summed E-state index contributed by atoms with van der Waals surface area (Å²) in [5.41, 5.74) is 2.78. The Balaban J connectivity index is 2.42. The van der Waals surface area contributed by atoms with E-state index in [1.807, 2.05) is 20.9 Å². The highest BCUT2D eigenvalue weighted by Crippen LogP contribution is 2.12. The summed E-state index contributed by atoms with van der Waals surface area (Å²) in [6.07, 6.45) is 0.815. The molecular formula is C12H19N3O3. The van der Waals surface area contributed by atoms with Gasteiger partial charge < -0.3 is 10.4 Å². The van der Waals surface area contributed by atoms with Crippen LogP contribution >= 0.6 is 0 Å². The molecule has 1 aromatic heterocycles. The normalized spacial score (nSPS) is 10.4. The van der Waals surface area contributed by atoms with Crippen molar-refractivity contribution >= 4 is 11.9 Å². The van der Waals surface area contributed by atoms with E-state index in [1.165, 1.54) is 0 Å². The number of aryl methyl sites for hydroxylation is 2. The first-order chi connectivity index (χ1) is 8.41. The average molecular weight is 253 g/mol. The molecule has 0 bridgehead atoms. The largest absolute Gasteiger partial charge is 0.481 e. The molecule has 6 heteroatoms. The molecule has 100 valence electrons. The summed E-state index contributed by atoms with van der Waals surface area (Å²) in [6.45, 7) is 4.19. The summed E-state index contributed by atoms with van der Waals surface area (Å²) < 4.78 is 1.75. The number of carboxylic acids is 1. The van der Waals surface area contributed by atoms with E-state index in [-0.39, 0.29) is 12.3 Å². The van der Waals surface area contributed by atoms with Crippen LogP contribution in [-0.4, -0.2) is 33.3 Å². The summed E-state index contributed by atoms with van der Waals surface area (Å²) >= 11 is 0. The lowest BCUT2D eigenvalue weighted by atomic mass is 10.1. The highest BCUT2D eigenvalue weighted by molar-refractivity contribution is 5.79. The Hall–Kier alpha value is -1.85. The second-order valence-electron chi connectivity index (χ2n) is 4.30. The van der Waals surface area contributed by atoms with E-state index in [1.54, 1.807) is 4.68 Å². The molecule has 0 radical (unpaired) electrons. The van der Waals surface area contributed by atoms with Crippen LogP contribution in [0, 0.1) is 13.8 Å². The van der Waals surface area contributed by atoms with Gasteiger partial charge in [-0.1, -0.05) is 0 Å². The van der Waals surface area contributed by atoms with E-state index in [2.05, 4.69) is 10.4 Å². The van der Waals surface area contributed by atoms with Gasteiger partial charge in [0, 0.05) is 31.3 Å². The van der Waals surface area contributed by atoms with E-state index in [0.29, 0.717) is 19.4 Å². The molecule has 1 aromatic rings. The van der Waals surface area contributed by atoms with E-state index in [0.717, 1.165) is 17.0 Å². The maximum absolute atomic E-state index is 11.7. The molecule has 0 unspecified atom stereocenters. The van der Waals surface area contributed by atoms with E-state index < -0.39 is 5.97 Å². The van der Waals surface area contributed by atoms with Crippen molar-refractivity contribution in [3.63, 3.8) is 0 Å². The van der Waals surface area contributed by atoms with Crippen molar-refractivity contribution in [2.24, 2.45) is 7.05 Å². The highest BCUT2D eigenvalue weighted by Gasteiger charge is 2.13. The monoisotopic (exact) mass is 253 g/mol. The fourth-order valence-corrected chi connectivity index (χ4v) is 1.76. The van der Waals surface area contributed by atoms with Crippen molar-refractivity contribution in [2.45, 2.75) is 33.1 Å². The van der Waals surface area contributed by atoms with Crippen LogP contribution in [0.15, 0.2) is 0 Å². The molecule has 0 saturated carbocycles. The lowest BCUT2D eigenvalue weighted by Crippen LogP contribution is -2.26. The third kappa shape index (κ3) is 3.87. The molecule has 0 aliphatic rings. The Morgan fingerprint density at radius 2 is 2.06 bits per heavy atom. The van der Waals surface area contributed by atoms with Gasteiger partial charge in [-0.3, -0.25) is 14.3 Å². The van der Waals surface area contributed by atoms with Gasteiger partial charge in [-0.05, 0) is 20.3 Å². The number of hydrogen-bond donors (Lipinski definition) is 2. The number of aromatic nitrogens is 2. The first kappa shape index (κ1) is 14.2. The van der Waals surface area contributed by atoms with E-state index in [9.17, 15) is 9.59 Å². The lowest BCUT2D eigenvalue weighted by Gasteiger charge is -2.04. The standard InChI is InChI=1S/C12H19N3O3/c1-8-10(9(2)15(3)14-8)7-11(16)13-6-4-5-12(17)18/h4-7H2,1-3H3,(H,13,16)(H,17,18). The van der Waals surface area contributed by atoms with Crippen molar-refractivity contribution in [1.29, 1.82) is 0 Å². The third-order valence-electron chi connectivity index (χ3n) is 2.89. The summed E-state index contributed by atoms with van der Waals surface area (Å²) in [4.78, 5) is 22.0. The molecule has 2 N–H and O–H groups in total. The highest BCUT2D eigenvalue weighted by atomic mass is 16.4. The van der Waals surface area contributed by atoms with E-state index in [4.69, 9.17) is 5.11 Å². The van der Waals surface area contributed by atoms with Gasteiger partial charge in [-0.25, -0.2) is 0 Å². The number of carbonyl (C=O) groups excluding carboxylic acids is 1. The minimum Gasteiger partial charge on any atom is -0.481 e. The lowest BCUT2D eigenvalue weighted by molar-refractivity contribution is -0.137. The molecule has 0 spiro atoms. The SMILES string of the molecule is Cc1nn(C)c(C)c1CC(=O)NCCCC(=O)O. The third-order valence-corrected chi connectivity index (χ3v) is 2.89. The maximum Gasteiger partial charge on any atom is 0.303 e. The first-order valence-corrected chi connectivity index (χ1v) is 5.89. The van der Waals surface area contributed by atoms with Gasteiger partial charge >= 0.3 is 5.97 Å².